The first-order chi connectivity index (χ1) is 9.67. The highest BCUT2D eigenvalue weighted by molar-refractivity contribution is 9.10. The largest absolute Gasteiger partial charge is 0.359 e. The summed E-state index contributed by atoms with van der Waals surface area (Å²) in [5.74, 6) is 0.108. The number of nitrogens with one attached hydrogen (secondary N) is 2. The fraction of sp³-hybridized carbons (Fsp3) is 0.533. The molecular weight excluding hydrogens is 318 g/mol. The molecule has 0 bridgehead atoms. The number of hydrogen-bond acceptors (Lipinski definition) is 3. The predicted octanol–water partition coefficient (Wildman–Crippen LogP) is 2.27. The Hall–Kier alpha value is -1.07. The Labute approximate surface area is 129 Å². The Morgan fingerprint density at radius 1 is 1.50 bits per heavy atom. The van der Waals surface area contributed by atoms with Crippen molar-refractivity contribution < 1.29 is 4.79 Å². The van der Waals surface area contributed by atoms with Gasteiger partial charge in [-0.05, 0) is 37.1 Å². The van der Waals surface area contributed by atoms with Crippen LogP contribution in [0.1, 0.15) is 25.3 Å². The van der Waals surface area contributed by atoms with Gasteiger partial charge in [0.1, 0.15) is 6.04 Å². The highest BCUT2D eigenvalue weighted by atomic mass is 79.9. The molecule has 1 amide bonds. The lowest BCUT2D eigenvalue weighted by Gasteiger charge is -2.28. The van der Waals surface area contributed by atoms with Crippen molar-refractivity contribution in [2.24, 2.45) is 0 Å². The second-order valence-electron chi connectivity index (χ2n) is 5.02. The zero-order valence-corrected chi connectivity index (χ0v) is 13.7. The van der Waals surface area contributed by atoms with Gasteiger partial charge in [0, 0.05) is 30.3 Å². The molecule has 0 aromatic heterocycles. The second kappa shape index (κ2) is 7.09. The van der Waals surface area contributed by atoms with Crippen LogP contribution < -0.4 is 15.5 Å². The molecule has 0 saturated carbocycles. The van der Waals surface area contributed by atoms with Crippen molar-refractivity contribution in [3.8, 4) is 0 Å². The third kappa shape index (κ3) is 3.33. The molecule has 110 valence electrons. The van der Waals surface area contributed by atoms with Gasteiger partial charge in [0.2, 0.25) is 5.91 Å². The van der Waals surface area contributed by atoms with Gasteiger partial charge in [0.25, 0.3) is 0 Å². The molecule has 1 aromatic carbocycles. The Morgan fingerprint density at radius 2 is 2.30 bits per heavy atom. The highest BCUT2D eigenvalue weighted by Gasteiger charge is 2.31. The van der Waals surface area contributed by atoms with E-state index >= 15 is 0 Å². The van der Waals surface area contributed by atoms with Crippen LogP contribution in [-0.2, 0) is 11.3 Å². The normalized spacial score (nSPS) is 18.4. The summed E-state index contributed by atoms with van der Waals surface area (Å²) in [6.45, 7) is 4.81. The summed E-state index contributed by atoms with van der Waals surface area (Å²) in [5.41, 5.74) is 2.40. The molecule has 1 fully saturated rings. The van der Waals surface area contributed by atoms with Gasteiger partial charge in [0.15, 0.2) is 0 Å². The number of nitrogens with zero attached hydrogens (tertiary/aromatic N) is 1. The van der Waals surface area contributed by atoms with Crippen LogP contribution in [0.15, 0.2) is 22.7 Å². The first-order valence-electron chi connectivity index (χ1n) is 7.14. The SMILES string of the molecule is CCNCc1ccc(Br)cc1N1CCCC1C(=O)NC. The summed E-state index contributed by atoms with van der Waals surface area (Å²) in [6.07, 6.45) is 1.98. The maximum absolute atomic E-state index is 12.0. The summed E-state index contributed by atoms with van der Waals surface area (Å²) in [7, 11) is 1.71. The molecule has 1 aliphatic heterocycles. The Balaban J connectivity index is 2.29. The molecule has 0 aliphatic carbocycles. The monoisotopic (exact) mass is 339 g/mol. The van der Waals surface area contributed by atoms with Crippen LogP contribution in [-0.4, -0.2) is 32.1 Å². The van der Waals surface area contributed by atoms with Crippen molar-refractivity contribution in [2.45, 2.75) is 32.4 Å². The first kappa shape index (κ1) is 15.3. The average molecular weight is 340 g/mol. The maximum Gasteiger partial charge on any atom is 0.242 e. The fourth-order valence-electron chi connectivity index (χ4n) is 2.71. The smallest absolute Gasteiger partial charge is 0.242 e. The molecule has 1 unspecified atom stereocenters. The number of benzene rings is 1. The number of likely N-dealkylation sites (N-methyl/N-ethyl adjacent to an activating group) is 1. The molecule has 0 spiro atoms. The van der Waals surface area contributed by atoms with Crippen molar-refractivity contribution in [3.05, 3.63) is 28.2 Å². The number of rotatable bonds is 5. The summed E-state index contributed by atoms with van der Waals surface area (Å²) in [5, 5.41) is 6.14. The summed E-state index contributed by atoms with van der Waals surface area (Å²) < 4.78 is 1.05. The van der Waals surface area contributed by atoms with E-state index in [0.717, 1.165) is 42.6 Å². The Bertz CT molecular complexity index is 478. The number of hydrogen-bond donors (Lipinski definition) is 2. The van der Waals surface area contributed by atoms with Gasteiger partial charge in [0.05, 0.1) is 0 Å². The van der Waals surface area contributed by atoms with E-state index in [2.05, 4.69) is 56.6 Å². The summed E-state index contributed by atoms with van der Waals surface area (Å²) in [6, 6.07) is 6.26. The standard InChI is InChI=1S/C15H22BrN3O/c1-3-18-10-11-6-7-12(16)9-14(11)19-8-4-5-13(19)15(20)17-2/h6-7,9,13,18H,3-5,8,10H2,1-2H3,(H,17,20). The second-order valence-corrected chi connectivity index (χ2v) is 5.93. The molecule has 4 nitrogen and oxygen atoms in total. The zero-order valence-electron chi connectivity index (χ0n) is 12.1. The molecule has 5 heteroatoms. The molecule has 1 heterocycles. The van der Waals surface area contributed by atoms with Crippen LogP contribution in [0.3, 0.4) is 0 Å². The minimum Gasteiger partial charge on any atom is -0.359 e. The molecule has 1 aliphatic rings. The predicted molar refractivity (Wildman–Crippen MR) is 86.0 cm³/mol. The lowest BCUT2D eigenvalue weighted by molar-refractivity contribution is -0.121. The van der Waals surface area contributed by atoms with Crippen LogP contribution >= 0.6 is 15.9 Å². The van der Waals surface area contributed by atoms with E-state index in [1.54, 1.807) is 7.05 Å². The van der Waals surface area contributed by atoms with Crippen LogP contribution in [0.25, 0.3) is 0 Å². The van der Waals surface area contributed by atoms with E-state index in [-0.39, 0.29) is 11.9 Å². The van der Waals surface area contributed by atoms with Crippen molar-refractivity contribution >= 4 is 27.5 Å². The van der Waals surface area contributed by atoms with E-state index in [0.29, 0.717) is 0 Å². The quantitative estimate of drug-likeness (QED) is 0.864. The van der Waals surface area contributed by atoms with E-state index in [9.17, 15) is 4.79 Å². The van der Waals surface area contributed by atoms with E-state index in [1.807, 2.05) is 0 Å². The minimum atomic E-state index is -0.0466. The highest BCUT2D eigenvalue weighted by Crippen LogP contribution is 2.31. The molecule has 1 saturated heterocycles. The third-order valence-corrected chi connectivity index (χ3v) is 4.22. The van der Waals surface area contributed by atoms with Gasteiger partial charge in [-0.1, -0.05) is 28.9 Å². The van der Waals surface area contributed by atoms with Crippen LogP contribution in [0.2, 0.25) is 0 Å². The minimum absolute atomic E-state index is 0.0466. The summed E-state index contributed by atoms with van der Waals surface area (Å²) >= 11 is 3.54. The van der Waals surface area contributed by atoms with E-state index in [1.165, 1.54) is 5.56 Å². The number of halogens is 1. The molecule has 20 heavy (non-hydrogen) atoms. The van der Waals surface area contributed by atoms with Crippen molar-refractivity contribution in [3.63, 3.8) is 0 Å². The topological polar surface area (TPSA) is 44.4 Å². The number of amides is 1. The van der Waals surface area contributed by atoms with Crippen LogP contribution in [0.5, 0.6) is 0 Å². The number of anilines is 1. The number of carbonyl (C=O) groups is 1. The first-order valence-corrected chi connectivity index (χ1v) is 7.94. The van der Waals surface area contributed by atoms with Gasteiger partial charge in [-0.2, -0.15) is 0 Å². The van der Waals surface area contributed by atoms with E-state index < -0.39 is 0 Å². The zero-order chi connectivity index (χ0) is 14.5. The van der Waals surface area contributed by atoms with Crippen LogP contribution in [0.4, 0.5) is 5.69 Å². The van der Waals surface area contributed by atoms with Gasteiger partial charge >= 0.3 is 0 Å². The van der Waals surface area contributed by atoms with Gasteiger partial charge in [-0.25, -0.2) is 0 Å². The average Bonchev–Trinajstić information content (AvgIpc) is 2.94. The molecule has 1 atom stereocenters. The number of carbonyl (C=O) groups excluding carboxylic acids is 1. The molecular formula is C15H22BrN3O. The van der Waals surface area contributed by atoms with Crippen LogP contribution in [0, 0.1) is 0 Å². The van der Waals surface area contributed by atoms with E-state index in [4.69, 9.17) is 0 Å². The Kier molecular flexibility index (Phi) is 5.43. The van der Waals surface area contributed by atoms with Crippen molar-refractivity contribution in [1.29, 1.82) is 0 Å². The third-order valence-electron chi connectivity index (χ3n) is 3.72. The van der Waals surface area contributed by atoms with Gasteiger partial charge in [-0.15, -0.1) is 0 Å². The lowest BCUT2D eigenvalue weighted by Crippen LogP contribution is -2.42. The molecule has 1 aromatic rings. The maximum atomic E-state index is 12.0. The van der Waals surface area contributed by atoms with Gasteiger partial charge < -0.3 is 15.5 Å². The van der Waals surface area contributed by atoms with Crippen molar-refractivity contribution in [2.75, 3.05) is 25.0 Å². The fourth-order valence-corrected chi connectivity index (χ4v) is 3.06. The lowest BCUT2D eigenvalue weighted by atomic mass is 10.1. The van der Waals surface area contributed by atoms with Crippen molar-refractivity contribution in [1.82, 2.24) is 10.6 Å². The van der Waals surface area contributed by atoms with Gasteiger partial charge in [-0.3, -0.25) is 4.79 Å². The molecule has 2 rings (SSSR count). The molecule has 0 radical (unpaired) electrons. The molecule has 2 N–H and O–H groups in total. The summed E-state index contributed by atoms with van der Waals surface area (Å²) in [4.78, 5) is 14.3. The Morgan fingerprint density at radius 3 is 3.00 bits per heavy atom.